The third kappa shape index (κ3) is 8.64. The lowest BCUT2D eigenvalue weighted by atomic mass is 9.98. The summed E-state index contributed by atoms with van der Waals surface area (Å²) in [6, 6.07) is 28.8. The van der Waals surface area contributed by atoms with Gasteiger partial charge < -0.3 is 28.8 Å². The molecule has 0 unspecified atom stereocenters. The second-order valence-corrected chi connectivity index (χ2v) is 11.2. The van der Waals surface area contributed by atoms with Gasteiger partial charge in [0.05, 0.1) is 26.4 Å². The lowest BCUT2D eigenvalue weighted by Crippen LogP contribution is -2.62. The van der Waals surface area contributed by atoms with Crippen molar-refractivity contribution < 1.29 is 28.8 Å². The molecular formula is C29H30Cl3NO6. The third-order valence-electron chi connectivity index (χ3n) is 6.12. The van der Waals surface area contributed by atoms with E-state index in [4.69, 9.17) is 63.9 Å². The van der Waals surface area contributed by atoms with Crippen molar-refractivity contribution >= 4 is 40.7 Å². The molecule has 5 atom stereocenters. The molecule has 1 saturated heterocycles. The van der Waals surface area contributed by atoms with Crippen molar-refractivity contribution in [2.24, 2.45) is 0 Å². The molecule has 10 heteroatoms. The molecule has 208 valence electrons. The summed E-state index contributed by atoms with van der Waals surface area (Å²) in [5.41, 5.74) is 2.77. The van der Waals surface area contributed by atoms with Crippen LogP contribution in [0, 0.1) is 5.41 Å². The van der Waals surface area contributed by atoms with Crippen LogP contribution in [0.1, 0.15) is 16.7 Å². The van der Waals surface area contributed by atoms with Crippen molar-refractivity contribution in [2.75, 3.05) is 6.61 Å². The van der Waals surface area contributed by atoms with Gasteiger partial charge >= 0.3 is 0 Å². The molecule has 1 fully saturated rings. The Bertz CT molecular complexity index is 1150. The first kappa shape index (κ1) is 29.8. The highest BCUT2D eigenvalue weighted by Crippen LogP contribution is 2.34. The molecule has 1 heterocycles. The van der Waals surface area contributed by atoms with Crippen LogP contribution in [0.2, 0.25) is 0 Å². The number of rotatable bonds is 11. The van der Waals surface area contributed by atoms with Gasteiger partial charge in [0.1, 0.15) is 24.4 Å². The van der Waals surface area contributed by atoms with Gasteiger partial charge in [-0.2, -0.15) is 0 Å². The van der Waals surface area contributed by atoms with Gasteiger partial charge in [0.2, 0.25) is 12.2 Å². The average Bonchev–Trinajstić information content (AvgIpc) is 2.95. The van der Waals surface area contributed by atoms with Crippen LogP contribution in [-0.2, 0) is 43.5 Å². The fraction of sp³-hybridized carbons (Fsp3) is 0.345. The maximum absolute atomic E-state index is 10.3. The van der Waals surface area contributed by atoms with Crippen molar-refractivity contribution in [3.8, 4) is 0 Å². The number of hydrogen-bond donors (Lipinski definition) is 2. The highest BCUT2D eigenvalue weighted by molar-refractivity contribution is 6.76. The van der Waals surface area contributed by atoms with Crippen LogP contribution >= 0.6 is 34.8 Å². The van der Waals surface area contributed by atoms with Crippen molar-refractivity contribution in [2.45, 2.75) is 54.3 Å². The highest BCUT2D eigenvalue weighted by Gasteiger charge is 2.50. The summed E-state index contributed by atoms with van der Waals surface area (Å²) < 4.78 is 28.6. The van der Waals surface area contributed by atoms with Crippen LogP contribution in [0.3, 0.4) is 0 Å². The van der Waals surface area contributed by atoms with Crippen LogP contribution in [0.25, 0.3) is 0 Å². The SMILES string of the molecule is N=C(O[C@H]1O[C@H](CO)[C@@H](OCc2ccccc2)[C@H](OCc2ccccc2)[C@H]1OCc1ccccc1)C(Cl)(Cl)Cl. The first-order valence-electron chi connectivity index (χ1n) is 12.4. The Morgan fingerprint density at radius 1 is 0.692 bits per heavy atom. The Morgan fingerprint density at radius 3 is 1.51 bits per heavy atom. The number of benzene rings is 3. The lowest BCUT2D eigenvalue weighted by molar-refractivity contribution is -0.311. The number of aliphatic hydroxyl groups is 1. The minimum absolute atomic E-state index is 0.191. The third-order valence-corrected chi connectivity index (χ3v) is 6.63. The van der Waals surface area contributed by atoms with E-state index < -0.39 is 47.0 Å². The Hall–Kier alpha value is -2.20. The summed E-state index contributed by atoms with van der Waals surface area (Å²) in [7, 11) is 0. The quantitative estimate of drug-likeness (QED) is 0.165. The Kier molecular flexibility index (Phi) is 11.0. The van der Waals surface area contributed by atoms with Crippen LogP contribution in [0.4, 0.5) is 0 Å². The van der Waals surface area contributed by atoms with E-state index in [0.29, 0.717) is 0 Å². The Morgan fingerprint density at radius 2 is 1.10 bits per heavy atom. The maximum Gasteiger partial charge on any atom is 0.265 e. The number of aliphatic hydroxyl groups excluding tert-OH is 1. The molecule has 3 aromatic rings. The van der Waals surface area contributed by atoms with E-state index >= 15 is 0 Å². The van der Waals surface area contributed by atoms with Gasteiger partial charge in [0.25, 0.3) is 3.79 Å². The Balaban J connectivity index is 1.64. The minimum Gasteiger partial charge on any atom is -0.445 e. The van der Waals surface area contributed by atoms with Gasteiger partial charge in [0, 0.05) is 0 Å². The van der Waals surface area contributed by atoms with Crippen molar-refractivity contribution in [1.82, 2.24) is 0 Å². The number of ether oxygens (including phenoxy) is 5. The lowest BCUT2D eigenvalue weighted by Gasteiger charge is -2.45. The molecule has 2 N–H and O–H groups in total. The van der Waals surface area contributed by atoms with Gasteiger partial charge in [-0.05, 0) is 16.7 Å². The smallest absolute Gasteiger partial charge is 0.265 e. The molecule has 4 rings (SSSR count). The van der Waals surface area contributed by atoms with E-state index in [1.807, 2.05) is 91.0 Å². The molecule has 7 nitrogen and oxygen atoms in total. The first-order valence-corrected chi connectivity index (χ1v) is 13.5. The van der Waals surface area contributed by atoms with Gasteiger partial charge in [-0.1, -0.05) is 126 Å². The zero-order chi connectivity index (χ0) is 27.7. The molecule has 0 radical (unpaired) electrons. The van der Waals surface area contributed by atoms with Crippen molar-refractivity contribution in [3.05, 3.63) is 108 Å². The van der Waals surface area contributed by atoms with Gasteiger partial charge in [0.15, 0.2) is 0 Å². The second-order valence-electron chi connectivity index (χ2n) is 8.95. The molecule has 1 aliphatic rings. The van der Waals surface area contributed by atoms with Crippen LogP contribution in [-0.4, -0.2) is 52.1 Å². The molecule has 0 amide bonds. The number of hydrogen-bond acceptors (Lipinski definition) is 7. The summed E-state index contributed by atoms with van der Waals surface area (Å²) >= 11 is 17.7. The largest absolute Gasteiger partial charge is 0.445 e. The highest BCUT2D eigenvalue weighted by atomic mass is 35.6. The van der Waals surface area contributed by atoms with Gasteiger partial charge in [-0.25, -0.2) is 0 Å². The number of halogens is 3. The maximum atomic E-state index is 10.3. The zero-order valence-corrected chi connectivity index (χ0v) is 23.3. The normalized spacial score (nSPS) is 23.3. The summed E-state index contributed by atoms with van der Waals surface area (Å²) in [5.74, 6) is -0.645. The van der Waals surface area contributed by atoms with Crippen LogP contribution in [0.5, 0.6) is 0 Å². The summed E-state index contributed by atoms with van der Waals surface area (Å²) in [5, 5.41) is 18.4. The molecule has 0 spiro atoms. The van der Waals surface area contributed by atoms with E-state index in [0.717, 1.165) is 16.7 Å². The fourth-order valence-corrected chi connectivity index (χ4v) is 4.30. The van der Waals surface area contributed by atoms with E-state index in [1.54, 1.807) is 0 Å². The van der Waals surface area contributed by atoms with E-state index in [-0.39, 0.29) is 19.8 Å². The van der Waals surface area contributed by atoms with Crippen molar-refractivity contribution in [1.29, 1.82) is 5.41 Å². The predicted octanol–water partition coefficient (Wildman–Crippen LogP) is 5.82. The standard InChI is InChI=1S/C29H30Cl3NO6/c30-29(31,32)28(33)39-27-26(37-19-22-14-8-3-9-15-22)25(36-18-21-12-6-2-7-13-21)24(23(16-34)38-27)35-17-20-10-4-1-5-11-20/h1-15,23-27,33-34H,16-19H2/t23-,24-,25+,26-,27-/m1/s1. The van der Waals surface area contributed by atoms with Crippen LogP contribution < -0.4 is 0 Å². The fourth-order valence-electron chi connectivity index (χ4n) is 4.17. The topological polar surface area (TPSA) is 90.2 Å². The summed E-state index contributed by atoms with van der Waals surface area (Å²) in [6.45, 7) is 0.263. The molecule has 0 saturated carbocycles. The molecule has 0 aromatic heterocycles. The molecule has 39 heavy (non-hydrogen) atoms. The van der Waals surface area contributed by atoms with Gasteiger partial charge in [-0.3, -0.25) is 5.41 Å². The molecule has 0 aliphatic carbocycles. The molecule has 0 bridgehead atoms. The number of nitrogens with one attached hydrogen (secondary N) is 1. The molecule has 3 aromatic carbocycles. The first-order chi connectivity index (χ1) is 18.8. The second kappa shape index (κ2) is 14.4. The number of alkyl halides is 3. The zero-order valence-electron chi connectivity index (χ0n) is 21.0. The van der Waals surface area contributed by atoms with E-state index in [9.17, 15) is 5.11 Å². The monoisotopic (exact) mass is 593 g/mol. The predicted molar refractivity (Wildman–Crippen MR) is 150 cm³/mol. The molecular weight excluding hydrogens is 565 g/mol. The van der Waals surface area contributed by atoms with Crippen molar-refractivity contribution in [3.63, 3.8) is 0 Å². The van der Waals surface area contributed by atoms with Crippen LogP contribution in [0.15, 0.2) is 91.0 Å². The Labute approximate surface area is 243 Å². The molecule has 1 aliphatic heterocycles. The average molecular weight is 595 g/mol. The van der Waals surface area contributed by atoms with Gasteiger partial charge in [-0.15, -0.1) is 0 Å². The minimum atomic E-state index is -2.12. The summed E-state index contributed by atoms with van der Waals surface area (Å²) in [6.07, 6.45) is -4.55. The summed E-state index contributed by atoms with van der Waals surface area (Å²) in [4.78, 5) is 0. The van der Waals surface area contributed by atoms with E-state index in [1.165, 1.54) is 0 Å². The van der Waals surface area contributed by atoms with E-state index in [2.05, 4.69) is 0 Å².